The number of benzene rings is 2. The fourth-order valence-corrected chi connectivity index (χ4v) is 5.88. The third-order valence-corrected chi connectivity index (χ3v) is 8.14. The van der Waals surface area contributed by atoms with E-state index in [0.29, 0.717) is 18.0 Å². The zero-order valence-electron chi connectivity index (χ0n) is 24.2. The Bertz CT molecular complexity index is 1730. The van der Waals surface area contributed by atoms with Gasteiger partial charge in [-0.3, -0.25) is 9.59 Å². The third-order valence-electron chi connectivity index (χ3n) is 8.14. The minimum absolute atomic E-state index is 0.0619. The molecule has 3 aromatic rings. The molecule has 3 heterocycles. The number of halogens is 2. The molecule has 1 aliphatic carbocycles. The van der Waals surface area contributed by atoms with Crippen molar-refractivity contribution in [3.05, 3.63) is 102 Å². The van der Waals surface area contributed by atoms with Crippen molar-refractivity contribution < 1.29 is 28.4 Å². The van der Waals surface area contributed by atoms with Gasteiger partial charge in [0.25, 0.3) is 5.91 Å². The number of quaternary nitrogens is 1. The van der Waals surface area contributed by atoms with Crippen molar-refractivity contribution in [3.63, 3.8) is 0 Å². The Morgan fingerprint density at radius 3 is 2.86 bits per heavy atom. The van der Waals surface area contributed by atoms with Crippen LogP contribution < -0.4 is 15.4 Å². The van der Waals surface area contributed by atoms with Gasteiger partial charge in [0, 0.05) is 26.1 Å². The summed E-state index contributed by atoms with van der Waals surface area (Å²) in [5.41, 5.74) is 3.31. The first-order chi connectivity index (χ1) is 21.3. The molecule has 226 valence electrons. The van der Waals surface area contributed by atoms with Crippen LogP contribution in [0.15, 0.2) is 78.7 Å². The molecule has 1 aromatic heterocycles. The van der Waals surface area contributed by atoms with Gasteiger partial charge in [0.2, 0.25) is 5.91 Å². The Hall–Kier alpha value is -4.90. The Balaban J connectivity index is 1.30. The number of carbonyl (C=O) groups is 2. The number of aromatic nitrogens is 2. The van der Waals surface area contributed by atoms with Crippen molar-refractivity contribution in [1.82, 2.24) is 19.8 Å². The first kappa shape index (κ1) is 29.2. The molecule has 1 fully saturated rings. The van der Waals surface area contributed by atoms with Crippen LogP contribution in [0.3, 0.4) is 0 Å². The summed E-state index contributed by atoms with van der Waals surface area (Å²) in [6.07, 6.45) is 10.4. The van der Waals surface area contributed by atoms with Gasteiger partial charge in [-0.05, 0) is 54.3 Å². The number of imidazole rings is 1. The quantitative estimate of drug-likeness (QED) is 0.419. The maximum Gasteiger partial charge on any atom is 0.272 e. The lowest BCUT2D eigenvalue weighted by Crippen LogP contribution is -2.78. The molecule has 11 heteroatoms. The second-order valence-corrected chi connectivity index (χ2v) is 11.1. The van der Waals surface area contributed by atoms with Gasteiger partial charge in [-0.15, -0.1) is 0 Å². The maximum atomic E-state index is 14.5. The molecular formula is C33H33F2N6O3+. The lowest BCUT2D eigenvalue weighted by atomic mass is 9.91. The number of amides is 2. The zero-order valence-corrected chi connectivity index (χ0v) is 24.2. The number of ether oxygens (including phenoxy) is 1. The van der Waals surface area contributed by atoms with E-state index in [1.54, 1.807) is 13.1 Å². The van der Waals surface area contributed by atoms with Gasteiger partial charge in [-0.1, -0.05) is 24.3 Å². The fourth-order valence-electron chi connectivity index (χ4n) is 5.88. The summed E-state index contributed by atoms with van der Waals surface area (Å²) in [5.74, 6) is -1.45. The van der Waals surface area contributed by atoms with Crippen molar-refractivity contribution in [1.29, 1.82) is 5.41 Å². The molecule has 3 aliphatic rings. The van der Waals surface area contributed by atoms with Gasteiger partial charge in [-0.25, -0.2) is 13.8 Å². The van der Waals surface area contributed by atoms with Crippen LogP contribution in [-0.4, -0.2) is 63.8 Å². The van der Waals surface area contributed by atoms with Crippen LogP contribution in [0.25, 0.3) is 17.0 Å². The predicted octanol–water partition coefficient (Wildman–Crippen LogP) is 3.36. The lowest BCUT2D eigenvalue weighted by molar-refractivity contribution is -0.588. The van der Waals surface area contributed by atoms with Crippen molar-refractivity contribution >= 4 is 23.1 Å². The minimum atomic E-state index is -0.788. The van der Waals surface area contributed by atoms with Crippen molar-refractivity contribution in [2.75, 3.05) is 19.6 Å². The number of rotatable bonds is 2. The number of nitrogens with one attached hydrogen (secondary N) is 2. The van der Waals surface area contributed by atoms with Crippen molar-refractivity contribution in [2.24, 2.45) is 7.05 Å². The van der Waals surface area contributed by atoms with Crippen LogP contribution in [0.5, 0.6) is 5.75 Å². The number of hydrogen-bond donors (Lipinski definition) is 3. The summed E-state index contributed by atoms with van der Waals surface area (Å²) >= 11 is 0. The SMILES string of the molecule is Cn1c(C(=O)N2C[C@@H]3C[C@H]2C(=O)NCCCC[NH2+]/C=C2\C(=N)C=CC=C2c2cccc(c2)O3)cnc1-c1ccc(F)cc1F. The van der Waals surface area contributed by atoms with E-state index in [2.05, 4.69) is 15.6 Å². The van der Waals surface area contributed by atoms with Gasteiger partial charge in [0.15, 0.2) is 0 Å². The maximum absolute atomic E-state index is 14.5. The molecule has 4 bridgehead atoms. The van der Waals surface area contributed by atoms with Crippen LogP contribution >= 0.6 is 0 Å². The van der Waals surface area contributed by atoms with Crippen LogP contribution in [-0.2, 0) is 11.8 Å². The normalized spacial score (nSPS) is 21.8. The predicted molar refractivity (Wildman–Crippen MR) is 161 cm³/mol. The number of allylic oxidation sites excluding steroid dienone is 5. The molecule has 2 aromatic carbocycles. The molecule has 6 rings (SSSR count). The highest BCUT2D eigenvalue weighted by atomic mass is 19.1. The van der Waals surface area contributed by atoms with E-state index in [-0.39, 0.29) is 36.0 Å². The summed E-state index contributed by atoms with van der Waals surface area (Å²) in [6.45, 7) is 1.40. The van der Waals surface area contributed by atoms with E-state index in [4.69, 9.17) is 10.1 Å². The van der Waals surface area contributed by atoms with E-state index in [1.807, 2.05) is 42.6 Å². The van der Waals surface area contributed by atoms with Crippen LogP contribution in [0, 0.1) is 17.0 Å². The Morgan fingerprint density at radius 2 is 2.02 bits per heavy atom. The second kappa shape index (κ2) is 12.4. The van der Waals surface area contributed by atoms with Gasteiger partial charge in [0.05, 0.1) is 36.1 Å². The zero-order chi connectivity index (χ0) is 30.8. The Kier molecular flexibility index (Phi) is 8.21. The van der Waals surface area contributed by atoms with Gasteiger partial charge < -0.3 is 30.2 Å². The highest BCUT2D eigenvalue weighted by molar-refractivity contribution is 6.19. The molecule has 9 nitrogen and oxygen atoms in total. The molecule has 2 atom stereocenters. The highest BCUT2D eigenvalue weighted by Gasteiger charge is 2.42. The van der Waals surface area contributed by atoms with E-state index in [1.165, 1.54) is 21.7 Å². The lowest BCUT2D eigenvalue weighted by Gasteiger charge is -2.23. The number of carbonyl (C=O) groups excluding carboxylic acids is 2. The van der Waals surface area contributed by atoms with Crippen molar-refractivity contribution in [2.45, 2.75) is 31.4 Å². The number of hydrogen-bond acceptors (Lipinski definition) is 5. The molecule has 2 aliphatic heterocycles. The number of nitrogens with two attached hydrogens (primary N) is 1. The molecule has 0 unspecified atom stereocenters. The average Bonchev–Trinajstić information content (AvgIpc) is 3.60. The topological polar surface area (TPSA) is 117 Å². The molecule has 2 amide bonds. The fraction of sp³-hybridized carbons (Fsp3) is 0.273. The summed E-state index contributed by atoms with van der Waals surface area (Å²) in [7, 11) is 1.58. The second-order valence-electron chi connectivity index (χ2n) is 11.1. The summed E-state index contributed by atoms with van der Waals surface area (Å²) in [4.78, 5) is 33.1. The Morgan fingerprint density at radius 1 is 1.16 bits per heavy atom. The standard InChI is InChI=1S/C33H32F2N6O3/c1-40-30(18-39-31(40)25-11-10-21(34)15-27(25)35)33(43)41-19-23-16-29(41)32(42)38-13-3-2-12-37-17-26-24(8-5-9-28(26)36)20-6-4-7-22(14-20)44-23/h4-11,14-15,17-18,23,29,36-37H,2-3,12-13,16,19H2,1H3,(H,38,42)/p+1/b26-17-,36-28?/t23-,29-/m0/s1. The van der Waals surface area contributed by atoms with E-state index in [9.17, 15) is 18.4 Å². The van der Waals surface area contributed by atoms with Crippen LogP contribution in [0.1, 0.15) is 35.3 Å². The van der Waals surface area contributed by atoms with E-state index in [0.717, 1.165) is 48.2 Å². The smallest absolute Gasteiger partial charge is 0.272 e. The average molecular weight is 600 g/mol. The number of likely N-dealkylation sites (tertiary alicyclic amines) is 1. The molecule has 0 radical (unpaired) electrons. The Labute approximate surface area is 253 Å². The molecule has 0 saturated carbocycles. The van der Waals surface area contributed by atoms with E-state index >= 15 is 0 Å². The summed E-state index contributed by atoms with van der Waals surface area (Å²) in [5, 5.41) is 13.5. The molecule has 1 saturated heterocycles. The molecule has 0 spiro atoms. The van der Waals surface area contributed by atoms with Crippen molar-refractivity contribution in [3.8, 4) is 17.1 Å². The molecular weight excluding hydrogens is 566 g/mol. The monoisotopic (exact) mass is 599 g/mol. The molecule has 4 N–H and O–H groups in total. The van der Waals surface area contributed by atoms with E-state index < -0.39 is 29.7 Å². The largest absolute Gasteiger partial charge is 0.488 e. The summed E-state index contributed by atoms with van der Waals surface area (Å²) in [6, 6.07) is 10.0. The van der Waals surface area contributed by atoms with Gasteiger partial charge in [-0.2, -0.15) is 0 Å². The first-order valence-electron chi connectivity index (χ1n) is 14.6. The number of nitrogens with zero attached hydrogens (tertiary/aromatic N) is 3. The summed E-state index contributed by atoms with van der Waals surface area (Å²) < 4.78 is 35.9. The van der Waals surface area contributed by atoms with Crippen LogP contribution in [0.4, 0.5) is 8.78 Å². The molecule has 44 heavy (non-hydrogen) atoms. The third kappa shape index (κ3) is 5.83. The highest BCUT2D eigenvalue weighted by Crippen LogP contribution is 2.32. The van der Waals surface area contributed by atoms with Crippen LogP contribution in [0.2, 0.25) is 0 Å². The number of fused-ring (bicyclic) bond motifs is 6. The first-order valence-corrected chi connectivity index (χ1v) is 14.6. The van der Waals surface area contributed by atoms with Gasteiger partial charge in [0.1, 0.15) is 47.2 Å². The van der Waals surface area contributed by atoms with Gasteiger partial charge >= 0.3 is 0 Å². The minimum Gasteiger partial charge on any atom is -0.488 e.